The molecule has 0 heterocycles. The summed E-state index contributed by atoms with van der Waals surface area (Å²) in [4.78, 5) is 11.5. The summed E-state index contributed by atoms with van der Waals surface area (Å²) in [5, 5.41) is 3.23. The van der Waals surface area contributed by atoms with Crippen LogP contribution in [0, 0.1) is 0 Å². The van der Waals surface area contributed by atoms with Gasteiger partial charge in [-0.1, -0.05) is 0 Å². The van der Waals surface area contributed by atoms with Crippen molar-refractivity contribution < 1.29 is 14.3 Å². The van der Waals surface area contributed by atoms with E-state index in [1.807, 2.05) is 6.07 Å². The van der Waals surface area contributed by atoms with Crippen LogP contribution in [0.25, 0.3) is 0 Å². The summed E-state index contributed by atoms with van der Waals surface area (Å²) < 4.78 is 9.64. The molecule has 0 aliphatic heterocycles. The van der Waals surface area contributed by atoms with Gasteiger partial charge in [-0.3, -0.25) is 0 Å². The van der Waals surface area contributed by atoms with Crippen LogP contribution in [0.2, 0.25) is 0 Å². The summed E-state index contributed by atoms with van der Waals surface area (Å²) in [6, 6.07) is 5.25. The fraction of sp³-hybridized carbons (Fsp3) is 0.462. The minimum absolute atomic E-state index is 0.388. The lowest BCUT2D eigenvalue weighted by Crippen LogP contribution is -2.08. The number of rotatable bonds is 7. The number of esters is 1. The van der Waals surface area contributed by atoms with Crippen molar-refractivity contribution >= 4 is 17.3 Å². The van der Waals surface area contributed by atoms with E-state index in [9.17, 15) is 4.79 Å². The smallest absolute Gasteiger partial charge is 0.340 e. The maximum absolute atomic E-state index is 11.5. The van der Waals surface area contributed by atoms with E-state index in [0.29, 0.717) is 11.3 Å². The van der Waals surface area contributed by atoms with Gasteiger partial charge in [-0.05, 0) is 31.0 Å². The molecule has 0 saturated heterocycles. The van der Waals surface area contributed by atoms with Crippen molar-refractivity contribution in [2.45, 2.75) is 12.8 Å². The number of unbranched alkanes of at least 4 members (excludes halogenated alkanes) is 1. The molecule has 0 spiro atoms. The first-order chi connectivity index (χ1) is 8.69. The van der Waals surface area contributed by atoms with Crippen LogP contribution in [0.5, 0.6) is 0 Å². The van der Waals surface area contributed by atoms with Crippen LogP contribution in [-0.4, -0.2) is 33.3 Å². The van der Waals surface area contributed by atoms with Crippen LogP contribution in [0.1, 0.15) is 23.2 Å². The molecule has 0 atom stereocenters. The van der Waals surface area contributed by atoms with Crippen LogP contribution in [-0.2, 0) is 9.47 Å². The van der Waals surface area contributed by atoms with Crippen molar-refractivity contribution in [2.24, 2.45) is 0 Å². The van der Waals surface area contributed by atoms with E-state index in [1.54, 1.807) is 19.2 Å². The first kappa shape index (κ1) is 14.3. The predicted octanol–water partition coefficient (Wildman–Crippen LogP) is 1.89. The molecule has 0 aliphatic rings. The molecule has 0 amide bonds. The molecular formula is C13H20N2O3. The number of carbonyl (C=O) groups is 1. The van der Waals surface area contributed by atoms with E-state index in [2.05, 4.69) is 10.1 Å². The predicted molar refractivity (Wildman–Crippen MR) is 71.8 cm³/mol. The second-order valence-electron chi connectivity index (χ2n) is 3.92. The zero-order chi connectivity index (χ0) is 13.4. The maximum atomic E-state index is 11.5. The van der Waals surface area contributed by atoms with Gasteiger partial charge in [-0.2, -0.15) is 0 Å². The van der Waals surface area contributed by atoms with Crippen LogP contribution in [0.15, 0.2) is 18.2 Å². The molecule has 5 heteroatoms. The molecular weight excluding hydrogens is 232 g/mol. The van der Waals surface area contributed by atoms with Crippen LogP contribution >= 0.6 is 0 Å². The van der Waals surface area contributed by atoms with E-state index in [1.165, 1.54) is 7.11 Å². The maximum Gasteiger partial charge on any atom is 0.340 e. The fourth-order valence-electron chi connectivity index (χ4n) is 1.56. The lowest BCUT2D eigenvalue weighted by molar-refractivity contribution is 0.0602. The monoisotopic (exact) mass is 252 g/mol. The van der Waals surface area contributed by atoms with Gasteiger partial charge in [0.15, 0.2) is 0 Å². The number of nitrogens with two attached hydrogens (primary N) is 1. The number of hydrogen-bond acceptors (Lipinski definition) is 5. The number of hydrogen-bond donors (Lipinski definition) is 2. The van der Waals surface area contributed by atoms with E-state index < -0.39 is 5.97 Å². The fourth-order valence-corrected chi connectivity index (χ4v) is 1.56. The number of benzene rings is 1. The summed E-state index contributed by atoms with van der Waals surface area (Å²) in [6.45, 7) is 1.59. The lowest BCUT2D eigenvalue weighted by atomic mass is 10.1. The summed E-state index contributed by atoms with van der Waals surface area (Å²) in [5.74, 6) is -0.421. The number of nitrogens with one attached hydrogen (secondary N) is 1. The second kappa shape index (κ2) is 7.55. The third-order valence-corrected chi connectivity index (χ3v) is 2.56. The Morgan fingerprint density at radius 3 is 2.78 bits per heavy atom. The SMILES string of the molecule is COCCCCNc1ccc(N)c(C(=O)OC)c1. The molecule has 0 saturated carbocycles. The molecule has 0 aromatic heterocycles. The largest absolute Gasteiger partial charge is 0.465 e. The molecule has 1 aromatic carbocycles. The van der Waals surface area contributed by atoms with Gasteiger partial charge in [-0.25, -0.2) is 4.79 Å². The van der Waals surface area contributed by atoms with Gasteiger partial charge >= 0.3 is 5.97 Å². The summed E-state index contributed by atoms with van der Waals surface area (Å²) in [5.41, 5.74) is 7.39. The Kier molecular flexibility index (Phi) is 6.00. The Bertz CT molecular complexity index is 394. The van der Waals surface area contributed by atoms with Crippen molar-refractivity contribution in [3.05, 3.63) is 23.8 Å². The molecule has 18 heavy (non-hydrogen) atoms. The molecule has 0 aliphatic carbocycles. The number of nitrogen functional groups attached to an aromatic ring is 1. The Morgan fingerprint density at radius 1 is 1.33 bits per heavy atom. The number of ether oxygens (including phenoxy) is 2. The average molecular weight is 252 g/mol. The number of anilines is 2. The zero-order valence-electron chi connectivity index (χ0n) is 10.9. The number of methoxy groups -OCH3 is 2. The Hall–Kier alpha value is -1.75. The molecule has 0 bridgehead atoms. The standard InChI is InChI=1S/C13H20N2O3/c1-17-8-4-3-7-15-10-5-6-12(14)11(9-10)13(16)18-2/h5-6,9,15H,3-4,7-8,14H2,1-2H3. The quantitative estimate of drug-likeness (QED) is 0.440. The van der Waals surface area contributed by atoms with Gasteiger partial charge in [0.2, 0.25) is 0 Å². The third-order valence-electron chi connectivity index (χ3n) is 2.56. The Labute approximate surface area is 107 Å². The van der Waals surface area contributed by atoms with Crippen molar-refractivity contribution in [2.75, 3.05) is 38.4 Å². The zero-order valence-corrected chi connectivity index (χ0v) is 10.9. The summed E-state index contributed by atoms with van der Waals surface area (Å²) in [6.07, 6.45) is 2.01. The van der Waals surface area contributed by atoms with Gasteiger partial charge in [0.1, 0.15) is 0 Å². The molecule has 3 N–H and O–H groups in total. The van der Waals surface area contributed by atoms with E-state index in [-0.39, 0.29) is 0 Å². The van der Waals surface area contributed by atoms with Gasteiger partial charge in [0, 0.05) is 31.6 Å². The van der Waals surface area contributed by atoms with Crippen molar-refractivity contribution in [1.29, 1.82) is 0 Å². The van der Waals surface area contributed by atoms with Crippen molar-refractivity contribution in [3.63, 3.8) is 0 Å². The average Bonchev–Trinajstić information content (AvgIpc) is 2.39. The molecule has 0 unspecified atom stereocenters. The van der Waals surface area contributed by atoms with E-state index >= 15 is 0 Å². The number of carbonyl (C=O) groups excluding carboxylic acids is 1. The third kappa shape index (κ3) is 4.25. The van der Waals surface area contributed by atoms with Gasteiger partial charge in [0.25, 0.3) is 0 Å². The molecule has 0 radical (unpaired) electrons. The Balaban J connectivity index is 2.54. The minimum Gasteiger partial charge on any atom is -0.465 e. The summed E-state index contributed by atoms with van der Waals surface area (Å²) in [7, 11) is 3.03. The van der Waals surface area contributed by atoms with Crippen molar-refractivity contribution in [1.82, 2.24) is 0 Å². The van der Waals surface area contributed by atoms with Crippen LogP contribution in [0.4, 0.5) is 11.4 Å². The highest BCUT2D eigenvalue weighted by atomic mass is 16.5. The van der Waals surface area contributed by atoms with Gasteiger partial charge in [-0.15, -0.1) is 0 Å². The van der Waals surface area contributed by atoms with Crippen LogP contribution in [0.3, 0.4) is 0 Å². The Morgan fingerprint density at radius 2 is 2.11 bits per heavy atom. The van der Waals surface area contributed by atoms with Gasteiger partial charge in [0.05, 0.1) is 12.7 Å². The first-order valence-electron chi connectivity index (χ1n) is 5.89. The van der Waals surface area contributed by atoms with E-state index in [4.69, 9.17) is 10.5 Å². The highest BCUT2D eigenvalue weighted by Gasteiger charge is 2.10. The molecule has 1 rings (SSSR count). The highest BCUT2D eigenvalue weighted by Crippen LogP contribution is 2.18. The minimum atomic E-state index is -0.421. The van der Waals surface area contributed by atoms with Gasteiger partial charge < -0.3 is 20.5 Å². The lowest BCUT2D eigenvalue weighted by Gasteiger charge is -2.09. The molecule has 5 nitrogen and oxygen atoms in total. The van der Waals surface area contributed by atoms with E-state index in [0.717, 1.165) is 31.7 Å². The normalized spacial score (nSPS) is 10.1. The topological polar surface area (TPSA) is 73.6 Å². The first-order valence-corrected chi connectivity index (χ1v) is 5.89. The highest BCUT2D eigenvalue weighted by molar-refractivity contribution is 5.96. The second-order valence-corrected chi connectivity index (χ2v) is 3.92. The molecule has 100 valence electrons. The molecule has 0 fully saturated rings. The van der Waals surface area contributed by atoms with Crippen molar-refractivity contribution in [3.8, 4) is 0 Å². The summed E-state index contributed by atoms with van der Waals surface area (Å²) >= 11 is 0. The van der Waals surface area contributed by atoms with Crippen LogP contribution < -0.4 is 11.1 Å². The molecule has 1 aromatic rings.